The zero-order valence-electron chi connectivity index (χ0n) is 25.8. The van der Waals surface area contributed by atoms with Gasteiger partial charge in [0, 0.05) is 50.2 Å². The summed E-state index contributed by atoms with van der Waals surface area (Å²) in [5.41, 5.74) is 7.06. The summed E-state index contributed by atoms with van der Waals surface area (Å²) in [5.74, 6) is -1.81. The summed E-state index contributed by atoms with van der Waals surface area (Å²) in [4.78, 5) is 28.4. The first-order valence-corrected chi connectivity index (χ1v) is 15.9. The Morgan fingerprint density at radius 1 is 0.957 bits per heavy atom. The maximum absolute atomic E-state index is 13.6. The molecule has 9 nitrogen and oxygen atoms in total. The fraction of sp³-hybridized carbons (Fsp3) is 0.389. The van der Waals surface area contributed by atoms with Gasteiger partial charge < -0.3 is 14.2 Å². The molecule has 46 heavy (non-hydrogen) atoms. The number of ether oxygens (including phenoxy) is 3. The van der Waals surface area contributed by atoms with E-state index in [1.54, 1.807) is 10.9 Å². The second-order valence-electron chi connectivity index (χ2n) is 12.3. The molecule has 0 bridgehead atoms. The lowest BCUT2D eigenvalue weighted by Crippen LogP contribution is -2.33. The van der Waals surface area contributed by atoms with Crippen LogP contribution in [0.2, 0.25) is 0 Å². The van der Waals surface area contributed by atoms with Gasteiger partial charge in [-0.25, -0.2) is 9.07 Å². The summed E-state index contributed by atoms with van der Waals surface area (Å²) < 4.78 is 32.2. The lowest BCUT2D eigenvalue weighted by Gasteiger charge is -2.30. The van der Waals surface area contributed by atoms with Gasteiger partial charge in [0.05, 0.1) is 25.5 Å². The van der Waals surface area contributed by atoms with E-state index in [-0.39, 0.29) is 25.0 Å². The maximum Gasteiger partial charge on any atom is 0.320 e. The first-order chi connectivity index (χ1) is 22.5. The highest BCUT2D eigenvalue weighted by molar-refractivity contribution is 5.95. The number of rotatable bonds is 9. The van der Waals surface area contributed by atoms with Gasteiger partial charge in [-0.15, -0.1) is 5.10 Å². The zero-order valence-corrected chi connectivity index (χ0v) is 25.8. The van der Waals surface area contributed by atoms with E-state index in [0.717, 1.165) is 58.8 Å². The van der Waals surface area contributed by atoms with Crippen molar-refractivity contribution in [3.63, 3.8) is 0 Å². The first-order valence-electron chi connectivity index (χ1n) is 15.9. The molecule has 0 saturated carbocycles. The number of nitrogens with zero attached hydrogens (tertiary/aromatic N) is 4. The standard InChI is InChI=1S/C36H37FN4O5/c1-44-35(42)31(36(43)46-22-32-28-8-4-2-6-26(28)27-7-3-5-9-29(27)32)19-25-21-41(39-38-25)33-14-17-45-34-18-23(10-11-30(33)34)20-40-15-12-24(37)13-16-40/h2-11,18,21,24,31-33H,12-17,19-20,22H2,1H3. The predicted molar refractivity (Wildman–Crippen MR) is 168 cm³/mol. The second-order valence-corrected chi connectivity index (χ2v) is 12.3. The smallest absolute Gasteiger partial charge is 0.320 e. The van der Waals surface area contributed by atoms with Crippen LogP contribution in [-0.2, 0) is 32.0 Å². The minimum Gasteiger partial charge on any atom is -0.493 e. The van der Waals surface area contributed by atoms with E-state index < -0.39 is 24.0 Å². The molecule has 0 N–H and O–H groups in total. The van der Waals surface area contributed by atoms with E-state index in [2.05, 4.69) is 57.7 Å². The summed E-state index contributed by atoms with van der Waals surface area (Å²) in [6.45, 7) is 2.90. The molecule has 3 aromatic carbocycles. The minimum absolute atomic E-state index is 0.00787. The van der Waals surface area contributed by atoms with Gasteiger partial charge in [-0.1, -0.05) is 65.9 Å². The zero-order chi connectivity index (χ0) is 31.6. The monoisotopic (exact) mass is 624 g/mol. The van der Waals surface area contributed by atoms with Crippen molar-refractivity contribution in [1.29, 1.82) is 0 Å². The largest absolute Gasteiger partial charge is 0.493 e. The third kappa shape index (κ3) is 6.01. The lowest BCUT2D eigenvalue weighted by atomic mass is 9.97. The van der Waals surface area contributed by atoms with Crippen molar-refractivity contribution in [2.45, 2.75) is 50.4 Å². The van der Waals surface area contributed by atoms with Crippen LogP contribution in [0, 0.1) is 5.92 Å². The van der Waals surface area contributed by atoms with Crippen LogP contribution in [0.4, 0.5) is 4.39 Å². The number of carbonyl (C=O) groups excluding carboxylic acids is 2. The first kappa shape index (κ1) is 30.1. The van der Waals surface area contributed by atoms with Crippen LogP contribution in [-0.4, -0.2) is 71.4 Å². The molecule has 3 heterocycles. The van der Waals surface area contributed by atoms with Crippen LogP contribution < -0.4 is 4.74 Å². The number of aromatic nitrogens is 3. The van der Waals surface area contributed by atoms with Crippen molar-refractivity contribution in [2.75, 3.05) is 33.4 Å². The van der Waals surface area contributed by atoms with E-state index >= 15 is 0 Å². The van der Waals surface area contributed by atoms with Crippen LogP contribution in [0.5, 0.6) is 5.75 Å². The van der Waals surface area contributed by atoms with Crippen molar-refractivity contribution in [1.82, 2.24) is 19.9 Å². The third-order valence-electron chi connectivity index (χ3n) is 9.42. The molecule has 0 amide bonds. The lowest BCUT2D eigenvalue weighted by molar-refractivity contribution is -0.160. The SMILES string of the molecule is COC(=O)C(Cc1cn(C2CCOc3cc(CN4CCC(F)CC4)ccc32)nn1)C(=O)OCC1c2ccccc2-c2ccccc21. The number of halogens is 1. The Morgan fingerprint density at radius 3 is 2.39 bits per heavy atom. The van der Waals surface area contributed by atoms with Crippen molar-refractivity contribution in [3.8, 4) is 16.9 Å². The molecule has 2 unspecified atom stereocenters. The topological polar surface area (TPSA) is 95.8 Å². The van der Waals surface area contributed by atoms with Crippen LogP contribution in [0.25, 0.3) is 11.1 Å². The number of esters is 2. The molecule has 1 aliphatic carbocycles. The molecule has 10 heteroatoms. The summed E-state index contributed by atoms with van der Waals surface area (Å²) in [5, 5.41) is 8.70. The molecule has 2 atom stereocenters. The van der Waals surface area contributed by atoms with Gasteiger partial charge >= 0.3 is 11.9 Å². The third-order valence-corrected chi connectivity index (χ3v) is 9.42. The summed E-state index contributed by atoms with van der Waals surface area (Å²) in [7, 11) is 1.26. The van der Waals surface area contributed by atoms with Gasteiger partial charge in [0.2, 0.25) is 0 Å². The van der Waals surface area contributed by atoms with Crippen molar-refractivity contribution >= 4 is 11.9 Å². The normalized spacial score (nSPS) is 18.6. The number of hydrogen-bond acceptors (Lipinski definition) is 8. The van der Waals surface area contributed by atoms with Crippen molar-refractivity contribution in [3.05, 3.63) is 101 Å². The van der Waals surface area contributed by atoms with E-state index in [4.69, 9.17) is 14.2 Å². The number of benzene rings is 3. The maximum atomic E-state index is 13.6. The Labute approximate surface area is 267 Å². The van der Waals surface area contributed by atoms with Gasteiger partial charge in [0.1, 0.15) is 18.5 Å². The van der Waals surface area contributed by atoms with Gasteiger partial charge in [0.15, 0.2) is 5.92 Å². The molecule has 7 rings (SSSR count). The molecule has 1 fully saturated rings. The quantitative estimate of drug-likeness (QED) is 0.184. The minimum atomic E-state index is -1.17. The summed E-state index contributed by atoms with van der Waals surface area (Å²) in [6.07, 6.45) is 2.95. The predicted octanol–water partition coefficient (Wildman–Crippen LogP) is 5.27. The fourth-order valence-electron chi connectivity index (χ4n) is 6.98. The highest BCUT2D eigenvalue weighted by Crippen LogP contribution is 2.44. The Bertz CT molecular complexity index is 1690. The summed E-state index contributed by atoms with van der Waals surface area (Å²) in [6, 6.07) is 22.3. The molecular formula is C36H37FN4O5. The molecule has 2 aliphatic heterocycles. The average molecular weight is 625 g/mol. The number of hydrogen-bond donors (Lipinski definition) is 0. The Balaban J connectivity index is 1.03. The molecule has 1 saturated heterocycles. The van der Waals surface area contributed by atoms with Crippen molar-refractivity contribution in [2.24, 2.45) is 5.92 Å². The van der Waals surface area contributed by atoms with Gasteiger partial charge in [-0.3, -0.25) is 14.5 Å². The Hall–Kier alpha value is -4.57. The number of alkyl halides is 1. The van der Waals surface area contributed by atoms with Gasteiger partial charge in [-0.05, 0) is 46.7 Å². The molecular weight excluding hydrogens is 587 g/mol. The molecule has 3 aliphatic rings. The van der Waals surface area contributed by atoms with Crippen LogP contribution in [0.1, 0.15) is 59.2 Å². The number of fused-ring (bicyclic) bond motifs is 4. The molecule has 0 spiro atoms. The second kappa shape index (κ2) is 13.0. The van der Waals surface area contributed by atoms with E-state index in [1.165, 1.54) is 7.11 Å². The van der Waals surface area contributed by atoms with E-state index in [0.29, 0.717) is 31.6 Å². The van der Waals surface area contributed by atoms with E-state index in [1.807, 2.05) is 24.3 Å². The number of carbonyl (C=O) groups is 2. The van der Waals surface area contributed by atoms with Crippen LogP contribution in [0.3, 0.4) is 0 Å². The van der Waals surface area contributed by atoms with E-state index in [9.17, 15) is 14.0 Å². The van der Waals surface area contributed by atoms with Crippen LogP contribution in [0.15, 0.2) is 72.9 Å². The number of methoxy groups -OCH3 is 1. The highest BCUT2D eigenvalue weighted by Gasteiger charge is 2.34. The Morgan fingerprint density at radius 2 is 1.67 bits per heavy atom. The van der Waals surface area contributed by atoms with Gasteiger partial charge in [-0.2, -0.15) is 0 Å². The van der Waals surface area contributed by atoms with Gasteiger partial charge in [0.25, 0.3) is 0 Å². The number of likely N-dealkylation sites (tertiary alicyclic amines) is 1. The average Bonchev–Trinajstić information content (AvgIpc) is 3.69. The summed E-state index contributed by atoms with van der Waals surface area (Å²) >= 11 is 0. The Kier molecular flexibility index (Phi) is 8.53. The molecule has 0 radical (unpaired) electrons. The molecule has 238 valence electrons. The number of piperidine rings is 1. The molecule has 1 aromatic heterocycles. The molecule has 4 aromatic rings. The fourth-order valence-corrected chi connectivity index (χ4v) is 6.98. The highest BCUT2D eigenvalue weighted by atomic mass is 19.1. The van der Waals surface area contributed by atoms with Crippen molar-refractivity contribution < 1.29 is 28.2 Å². The van der Waals surface area contributed by atoms with Crippen LogP contribution >= 0.6 is 0 Å².